The van der Waals surface area contributed by atoms with Gasteiger partial charge in [0.25, 0.3) is 0 Å². The van der Waals surface area contributed by atoms with Gasteiger partial charge in [-0.25, -0.2) is 14.8 Å². The van der Waals surface area contributed by atoms with Crippen molar-refractivity contribution in [2.75, 3.05) is 6.54 Å². The number of carboxylic acids is 1. The Labute approximate surface area is 190 Å². The van der Waals surface area contributed by atoms with Crippen molar-refractivity contribution in [1.82, 2.24) is 35.9 Å². The van der Waals surface area contributed by atoms with Crippen molar-refractivity contribution >= 4 is 23.7 Å². The van der Waals surface area contributed by atoms with Gasteiger partial charge in [-0.3, -0.25) is 14.4 Å². The molecule has 2 aromatic heterocycles. The normalized spacial score (nSPS) is 14.5. The van der Waals surface area contributed by atoms with Crippen LogP contribution in [0.1, 0.15) is 31.7 Å². The molecule has 0 saturated heterocycles. The molecule has 0 aliphatic rings. The predicted octanol–water partition coefficient (Wildman–Crippen LogP) is -1.54. The minimum atomic E-state index is -1.16. The summed E-state index contributed by atoms with van der Waals surface area (Å²) in [5.41, 5.74) is 7.08. The van der Waals surface area contributed by atoms with Crippen molar-refractivity contribution in [2.24, 2.45) is 11.7 Å². The number of aromatic amines is 2. The highest BCUT2D eigenvalue weighted by Gasteiger charge is 2.30. The molecule has 0 aliphatic carbocycles. The fraction of sp³-hybridized carbons (Fsp3) is 0.500. The van der Waals surface area contributed by atoms with Crippen LogP contribution in [0.5, 0.6) is 0 Å². The molecule has 0 radical (unpaired) electrons. The van der Waals surface area contributed by atoms with Gasteiger partial charge in [-0.2, -0.15) is 0 Å². The predicted molar refractivity (Wildman–Crippen MR) is 117 cm³/mol. The lowest BCUT2D eigenvalue weighted by molar-refractivity contribution is -0.143. The molecule has 0 aliphatic heterocycles. The molecule has 2 aromatic rings. The zero-order chi connectivity index (χ0) is 24.4. The Bertz CT molecular complexity index is 915. The lowest BCUT2D eigenvalue weighted by atomic mass is 9.98. The molecule has 13 heteroatoms. The first-order valence-corrected chi connectivity index (χ1v) is 10.5. The zero-order valence-electron chi connectivity index (χ0n) is 18.5. The van der Waals surface area contributed by atoms with E-state index in [-0.39, 0.29) is 18.8 Å². The first-order chi connectivity index (χ1) is 15.7. The van der Waals surface area contributed by atoms with E-state index in [0.29, 0.717) is 17.8 Å². The van der Waals surface area contributed by atoms with Crippen LogP contribution in [0, 0.1) is 5.92 Å². The van der Waals surface area contributed by atoms with E-state index in [9.17, 15) is 24.3 Å². The summed E-state index contributed by atoms with van der Waals surface area (Å²) in [5.74, 6) is -3.31. The molecule has 180 valence electrons. The fourth-order valence-electron chi connectivity index (χ4n) is 3.03. The molecule has 0 aromatic carbocycles. The highest BCUT2D eigenvalue weighted by Crippen LogP contribution is 2.09. The number of rotatable bonds is 13. The molecule has 8 N–H and O–H groups in total. The molecule has 0 bridgehead atoms. The maximum absolute atomic E-state index is 12.8. The summed E-state index contributed by atoms with van der Waals surface area (Å²) < 4.78 is 0. The third-order valence-corrected chi connectivity index (χ3v) is 5.16. The largest absolute Gasteiger partial charge is 0.480 e. The summed E-state index contributed by atoms with van der Waals surface area (Å²) in [4.78, 5) is 62.4. The maximum atomic E-state index is 12.8. The second-order valence-electron chi connectivity index (χ2n) is 7.72. The lowest BCUT2D eigenvalue weighted by Gasteiger charge is -2.24. The van der Waals surface area contributed by atoms with Gasteiger partial charge in [0.2, 0.25) is 17.7 Å². The van der Waals surface area contributed by atoms with Gasteiger partial charge in [0, 0.05) is 36.6 Å². The molecule has 0 saturated carbocycles. The van der Waals surface area contributed by atoms with E-state index in [1.165, 1.54) is 18.9 Å². The van der Waals surface area contributed by atoms with Gasteiger partial charge < -0.3 is 36.8 Å². The van der Waals surface area contributed by atoms with Crippen molar-refractivity contribution < 1.29 is 24.3 Å². The number of carbonyl (C=O) groups excluding carboxylic acids is 3. The number of carboxylic acid groups (broad SMARTS) is 1. The zero-order valence-corrected chi connectivity index (χ0v) is 18.5. The van der Waals surface area contributed by atoms with E-state index in [2.05, 4.69) is 35.9 Å². The van der Waals surface area contributed by atoms with Crippen LogP contribution in [0.2, 0.25) is 0 Å². The maximum Gasteiger partial charge on any atom is 0.326 e. The number of hydrogen-bond donors (Lipinski definition) is 7. The van der Waals surface area contributed by atoms with Crippen LogP contribution in [-0.2, 0) is 32.0 Å². The van der Waals surface area contributed by atoms with Gasteiger partial charge in [-0.1, -0.05) is 20.3 Å². The average Bonchev–Trinajstić information content (AvgIpc) is 3.48. The van der Waals surface area contributed by atoms with Crippen LogP contribution in [0.15, 0.2) is 25.0 Å². The summed E-state index contributed by atoms with van der Waals surface area (Å²) in [6.07, 6.45) is 6.73. The molecule has 2 rings (SSSR count). The first-order valence-electron chi connectivity index (χ1n) is 10.5. The number of H-pyrrole nitrogens is 2. The third kappa shape index (κ3) is 8.03. The van der Waals surface area contributed by atoms with Crippen LogP contribution < -0.4 is 21.7 Å². The van der Waals surface area contributed by atoms with Gasteiger partial charge in [0.05, 0.1) is 25.2 Å². The number of nitrogens with two attached hydrogens (primary N) is 1. The molecule has 0 fully saturated rings. The van der Waals surface area contributed by atoms with E-state index < -0.39 is 48.4 Å². The van der Waals surface area contributed by atoms with Gasteiger partial charge in [-0.05, 0) is 5.92 Å². The van der Waals surface area contributed by atoms with E-state index in [4.69, 9.17) is 5.73 Å². The minimum absolute atomic E-state index is 0.0533. The molecule has 13 nitrogen and oxygen atoms in total. The number of aliphatic carboxylic acids is 1. The Morgan fingerprint density at radius 3 is 2.15 bits per heavy atom. The Kier molecular flexibility index (Phi) is 9.54. The Morgan fingerprint density at radius 1 is 1.03 bits per heavy atom. The van der Waals surface area contributed by atoms with Crippen LogP contribution in [0.25, 0.3) is 0 Å². The lowest BCUT2D eigenvalue weighted by Crippen LogP contribution is -2.55. The summed E-state index contributed by atoms with van der Waals surface area (Å²) in [7, 11) is 0. The van der Waals surface area contributed by atoms with Crippen LogP contribution in [-0.4, -0.2) is 73.4 Å². The molecule has 0 spiro atoms. The smallest absolute Gasteiger partial charge is 0.326 e. The van der Waals surface area contributed by atoms with E-state index in [1.807, 2.05) is 6.92 Å². The number of aromatic nitrogens is 4. The van der Waals surface area contributed by atoms with Crippen LogP contribution in [0.4, 0.5) is 0 Å². The van der Waals surface area contributed by atoms with Gasteiger partial charge in [-0.15, -0.1) is 0 Å². The van der Waals surface area contributed by atoms with Gasteiger partial charge in [0.1, 0.15) is 12.1 Å². The molecular weight excluding hydrogens is 432 g/mol. The number of nitrogens with zero attached hydrogens (tertiary/aromatic N) is 2. The van der Waals surface area contributed by atoms with E-state index in [1.54, 1.807) is 13.1 Å². The highest BCUT2D eigenvalue weighted by atomic mass is 16.4. The van der Waals surface area contributed by atoms with E-state index in [0.717, 1.165) is 0 Å². The van der Waals surface area contributed by atoms with Crippen molar-refractivity contribution in [2.45, 2.75) is 51.2 Å². The number of imidazole rings is 2. The molecule has 3 amide bonds. The average molecular weight is 463 g/mol. The van der Waals surface area contributed by atoms with E-state index >= 15 is 0 Å². The van der Waals surface area contributed by atoms with Crippen molar-refractivity contribution in [3.63, 3.8) is 0 Å². The topological polar surface area (TPSA) is 208 Å². The highest BCUT2D eigenvalue weighted by molar-refractivity contribution is 5.92. The Balaban J connectivity index is 1.97. The quantitative estimate of drug-likeness (QED) is 0.185. The second-order valence-corrected chi connectivity index (χ2v) is 7.72. The van der Waals surface area contributed by atoms with Crippen molar-refractivity contribution in [3.8, 4) is 0 Å². The Morgan fingerprint density at radius 2 is 1.64 bits per heavy atom. The minimum Gasteiger partial charge on any atom is -0.480 e. The number of nitrogens with one attached hydrogen (secondary N) is 5. The molecule has 2 heterocycles. The third-order valence-electron chi connectivity index (χ3n) is 5.16. The SMILES string of the molecule is CCC(C)C(NC(=O)C(Cc1cnc[nH]1)NC(=O)CNC(=O)C(N)Cc1cnc[nH]1)C(=O)O. The molecule has 4 unspecified atom stereocenters. The molecular formula is C20H30N8O5. The summed E-state index contributed by atoms with van der Waals surface area (Å²) in [5, 5.41) is 16.9. The van der Waals surface area contributed by atoms with Crippen molar-refractivity contribution in [3.05, 3.63) is 36.4 Å². The number of carbonyl (C=O) groups is 4. The Hall–Kier alpha value is -3.74. The number of amides is 3. The van der Waals surface area contributed by atoms with Gasteiger partial charge >= 0.3 is 5.97 Å². The number of hydrogen-bond acceptors (Lipinski definition) is 7. The molecule has 33 heavy (non-hydrogen) atoms. The van der Waals surface area contributed by atoms with Crippen molar-refractivity contribution in [1.29, 1.82) is 0 Å². The first kappa shape index (κ1) is 25.5. The summed E-state index contributed by atoms with van der Waals surface area (Å²) in [6, 6.07) is -3.09. The summed E-state index contributed by atoms with van der Waals surface area (Å²) in [6.45, 7) is 3.12. The van der Waals surface area contributed by atoms with Crippen LogP contribution in [0.3, 0.4) is 0 Å². The van der Waals surface area contributed by atoms with Gasteiger partial charge in [0.15, 0.2) is 0 Å². The fourth-order valence-corrected chi connectivity index (χ4v) is 3.03. The summed E-state index contributed by atoms with van der Waals surface area (Å²) >= 11 is 0. The second kappa shape index (κ2) is 12.3. The molecule has 4 atom stereocenters. The standard InChI is InChI=1S/C20H30N8O5/c1-3-11(2)17(20(32)33)28-19(31)15(5-13-7-23-10-26-13)27-16(29)8-24-18(30)14(21)4-12-6-22-9-25-12/h6-7,9-11,14-15,17H,3-5,8,21H2,1-2H3,(H,22,25)(H,23,26)(H,24,30)(H,27,29)(H,28,31)(H,32,33). The monoisotopic (exact) mass is 462 g/mol. The van der Waals surface area contributed by atoms with Crippen LogP contribution >= 0.6 is 0 Å².